The highest BCUT2D eigenvalue weighted by atomic mass is 32.1. The Morgan fingerprint density at radius 1 is 1.35 bits per heavy atom. The molecule has 104 valence electrons. The molecule has 0 fully saturated rings. The van der Waals surface area contributed by atoms with Crippen LogP contribution >= 0.6 is 11.3 Å². The van der Waals surface area contributed by atoms with Crippen LogP contribution in [-0.4, -0.2) is 18.1 Å². The average molecular weight is 287 g/mol. The highest BCUT2D eigenvalue weighted by molar-refractivity contribution is 7.13. The molecule has 0 aliphatic heterocycles. The second kappa shape index (κ2) is 5.37. The minimum absolute atomic E-state index is 0.276. The van der Waals surface area contributed by atoms with E-state index in [-0.39, 0.29) is 5.97 Å². The summed E-state index contributed by atoms with van der Waals surface area (Å²) in [4.78, 5) is 16.9. The number of hydrogen-bond donors (Lipinski definition) is 0. The maximum Gasteiger partial charge on any atom is 0.349 e. The Hall–Kier alpha value is -1.68. The zero-order valence-electron chi connectivity index (χ0n) is 11.7. The van der Waals surface area contributed by atoms with Gasteiger partial charge in [0.05, 0.1) is 17.8 Å². The lowest BCUT2D eigenvalue weighted by Gasteiger charge is -2.22. The molecule has 1 unspecified atom stereocenters. The lowest BCUT2D eigenvalue weighted by molar-refractivity contribution is 0.0605. The lowest BCUT2D eigenvalue weighted by atomic mass is 9.84. The largest absolute Gasteiger partial charge is 0.465 e. The van der Waals surface area contributed by atoms with E-state index in [9.17, 15) is 4.79 Å². The Balaban J connectivity index is 1.87. The number of aryl methyl sites for hydroxylation is 2. The van der Waals surface area contributed by atoms with E-state index in [0.29, 0.717) is 10.8 Å². The highest BCUT2D eigenvalue weighted by Crippen LogP contribution is 2.35. The van der Waals surface area contributed by atoms with Gasteiger partial charge in [0.15, 0.2) is 0 Å². The van der Waals surface area contributed by atoms with Crippen LogP contribution in [-0.2, 0) is 17.6 Å². The normalized spacial score (nSPS) is 17.6. The summed E-state index contributed by atoms with van der Waals surface area (Å²) >= 11 is 1.49. The number of methoxy groups -OCH3 is 1. The molecule has 0 saturated carbocycles. The average Bonchev–Trinajstić information content (AvgIpc) is 2.88. The summed E-state index contributed by atoms with van der Waals surface area (Å²) in [5, 5.41) is 1.07. The van der Waals surface area contributed by atoms with Gasteiger partial charge in [-0.25, -0.2) is 9.78 Å². The van der Waals surface area contributed by atoms with E-state index in [1.807, 2.05) is 6.92 Å². The fraction of sp³-hybridized carbons (Fsp3) is 0.375. The zero-order chi connectivity index (χ0) is 14.1. The van der Waals surface area contributed by atoms with Crippen LogP contribution in [0.3, 0.4) is 0 Å². The van der Waals surface area contributed by atoms with Crippen molar-refractivity contribution in [3.05, 3.63) is 51.0 Å². The van der Waals surface area contributed by atoms with Crippen LogP contribution in [0.4, 0.5) is 0 Å². The number of aromatic nitrogens is 1. The first kappa shape index (κ1) is 13.3. The van der Waals surface area contributed by atoms with Gasteiger partial charge < -0.3 is 4.74 Å². The zero-order valence-corrected chi connectivity index (χ0v) is 12.5. The molecule has 1 atom stereocenters. The molecule has 0 radical (unpaired) electrons. The smallest absolute Gasteiger partial charge is 0.349 e. The fourth-order valence-corrected chi connectivity index (χ4v) is 3.90. The van der Waals surface area contributed by atoms with Crippen LogP contribution in [0.25, 0.3) is 0 Å². The molecule has 1 aromatic heterocycles. The van der Waals surface area contributed by atoms with Gasteiger partial charge in [0.1, 0.15) is 4.88 Å². The van der Waals surface area contributed by atoms with Gasteiger partial charge in [-0.1, -0.05) is 24.3 Å². The van der Waals surface area contributed by atoms with Crippen molar-refractivity contribution in [2.75, 3.05) is 7.11 Å². The number of fused-ring (bicyclic) bond motifs is 1. The predicted molar refractivity (Wildman–Crippen MR) is 79.4 cm³/mol. The Morgan fingerprint density at radius 2 is 2.10 bits per heavy atom. The van der Waals surface area contributed by atoms with Crippen molar-refractivity contribution in [3.63, 3.8) is 0 Å². The summed E-state index contributed by atoms with van der Waals surface area (Å²) in [6.45, 7) is 1.88. The van der Waals surface area contributed by atoms with Crippen molar-refractivity contribution in [3.8, 4) is 0 Å². The molecule has 20 heavy (non-hydrogen) atoms. The number of carbonyl (C=O) groups is 1. The first-order valence-corrected chi connectivity index (χ1v) is 7.63. The molecular formula is C16H17NO2S. The van der Waals surface area contributed by atoms with Crippen LogP contribution in [0.2, 0.25) is 0 Å². The molecule has 0 saturated heterocycles. The van der Waals surface area contributed by atoms with E-state index in [2.05, 4.69) is 29.2 Å². The Kier molecular flexibility index (Phi) is 3.57. The Bertz CT molecular complexity index is 648. The van der Waals surface area contributed by atoms with E-state index in [4.69, 9.17) is 4.74 Å². The molecule has 1 aliphatic carbocycles. The van der Waals surface area contributed by atoms with E-state index >= 15 is 0 Å². The van der Waals surface area contributed by atoms with Crippen LogP contribution < -0.4 is 0 Å². The van der Waals surface area contributed by atoms with Gasteiger partial charge >= 0.3 is 5.97 Å². The second-order valence-electron chi connectivity index (χ2n) is 5.17. The van der Waals surface area contributed by atoms with Gasteiger partial charge in [-0.3, -0.25) is 0 Å². The topological polar surface area (TPSA) is 39.2 Å². The van der Waals surface area contributed by atoms with Crippen LogP contribution in [0.15, 0.2) is 24.3 Å². The number of hydrogen-bond acceptors (Lipinski definition) is 4. The molecule has 1 heterocycles. The van der Waals surface area contributed by atoms with Gasteiger partial charge in [0.25, 0.3) is 0 Å². The summed E-state index contributed by atoms with van der Waals surface area (Å²) in [5.74, 6) is 0.148. The maximum absolute atomic E-state index is 11.7. The number of rotatable bonds is 2. The second-order valence-corrected chi connectivity index (χ2v) is 6.20. The summed E-state index contributed by atoms with van der Waals surface area (Å²) in [7, 11) is 1.41. The minimum Gasteiger partial charge on any atom is -0.465 e. The van der Waals surface area contributed by atoms with Crippen molar-refractivity contribution in [2.24, 2.45) is 0 Å². The third-order valence-corrected chi connectivity index (χ3v) is 5.18. The SMILES string of the molecule is COC(=O)c1sc(C2CCc3ccccc3C2)nc1C. The number of ether oxygens (including phenoxy) is 1. The van der Waals surface area contributed by atoms with Crippen molar-refractivity contribution >= 4 is 17.3 Å². The quantitative estimate of drug-likeness (QED) is 0.793. The molecule has 1 aliphatic rings. The van der Waals surface area contributed by atoms with Crippen molar-refractivity contribution in [2.45, 2.75) is 32.1 Å². The van der Waals surface area contributed by atoms with Gasteiger partial charge in [-0.05, 0) is 37.3 Å². The Morgan fingerprint density at radius 3 is 2.85 bits per heavy atom. The molecule has 0 amide bonds. The third kappa shape index (κ3) is 2.36. The summed E-state index contributed by atoms with van der Waals surface area (Å²) in [6.07, 6.45) is 3.21. The van der Waals surface area contributed by atoms with Crippen molar-refractivity contribution in [1.29, 1.82) is 0 Å². The van der Waals surface area contributed by atoms with Crippen LogP contribution in [0.1, 0.15) is 43.8 Å². The standard InChI is InChI=1S/C16H17NO2S/c1-10-14(16(18)19-2)20-15(17-10)13-8-7-11-5-3-4-6-12(11)9-13/h3-6,13H,7-9H2,1-2H3. The third-order valence-electron chi connectivity index (χ3n) is 3.88. The molecule has 3 rings (SSSR count). The first-order valence-electron chi connectivity index (χ1n) is 6.81. The number of thiazole rings is 1. The molecular weight excluding hydrogens is 270 g/mol. The van der Waals surface area contributed by atoms with Crippen LogP contribution in [0.5, 0.6) is 0 Å². The maximum atomic E-state index is 11.7. The molecule has 0 N–H and O–H groups in total. The van der Waals surface area contributed by atoms with E-state index in [1.165, 1.54) is 29.6 Å². The van der Waals surface area contributed by atoms with Crippen molar-refractivity contribution < 1.29 is 9.53 Å². The first-order chi connectivity index (χ1) is 9.69. The Labute approximate surface area is 122 Å². The van der Waals surface area contributed by atoms with Crippen molar-refractivity contribution in [1.82, 2.24) is 4.98 Å². The number of benzene rings is 1. The van der Waals surface area contributed by atoms with Crippen LogP contribution in [0, 0.1) is 6.92 Å². The fourth-order valence-electron chi connectivity index (χ4n) is 2.78. The molecule has 2 aromatic rings. The predicted octanol–water partition coefficient (Wildman–Crippen LogP) is 3.51. The summed E-state index contributed by atoms with van der Waals surface area (Å²) < 4.78 is 4.81. The van der Waals surface area contributed by atoms with E-state index < -0.39 is 0 Å². The van der Waals surface area contributed by atoms with Gasteiger partial charge in [-0.2, -0.15) is 0 Å². The summed E-state index contributed by atoms with van der Waals surface area (Å²) in [6, 6.07) is 8.60. The molecule has 1 aromatic carbocycles. The van der Waals surface area contributed by atoms with Gasteiger partial charge in [0, 0.05) is 5.92 Å². The summed E-state index contributed by atoms with van der Waals surface area (Å²) in [5.41, 5.74) is 3.65. The van der Waals surface area contributed by atoms with E-state index in [0.717, 1.165) is 30.0 Å². The minimum atomic E-state index is -0.276. The van der Waals surface area contributed by atoms with E-state index in [1.54, 1.807) is 0 Å². The molecule has 3 nitrogen and oxygen atoms in total. The number of esters is 1. The molecule has 0 spiro atoms. The number of nitrogens with zero attached hydrogens (tertiary/aromatic N) is 1. The van der Waals surface area contributed by atoms with Gasteiger partial charge in [0.2, 0.25) is 0 Å². The van der Waals surface area contributed by atoms with Gasteiger partial charge in [-0.15, -0.1) is 11.3 Å². The highest BCUT2D eigenvalue weighted by Gasteiger charge is 2.25. The molecule has 4 heteroatoms. The lowest BCUT2D eigenvalue weighted by Crippen LogP contribution is -2.12. The number of carbonyl (C=O) groups excluding carboxylic acids is 1. The monoisotopic (exact) mass is 287 g/mol. The molecule has 0 bridgehead atoms.